The maximum absolute atomic E-state index is 5.45. The zero-order chi connectivity index (χ0) is 12.1. The van der Waals surface area contributed by atoms with Crippen LogP contribution < -0.4 is 10.5 Å². The van der Waals surface area contributed by atoms with Crippen LogP contribution in [0.15, 0.2) is 34.9 Å². The smallest absolute Gasteiger partial charge is 0.258 e. The molecule has 2 N–H and O–H groups in total. The first-order valence-electron chi connectivity index (χ1n) is 5.73. The van der Waals surface area contributed by atoms with E-state index in [0.29, 0.717) is 19.0 Å². The molecule has 0 aliphatic rings. The van der Waals surface area contributed by atoms with Crippen LogP contribution in [-0.2, 0) is 6.42 Å². The maximum Gasteiger partial charge on any atom is 0.258 e. The number of benzene rings is 1. The Morgan fingerprint density at radius 3 is 2.61 bits per heavy atom. The molecule has 2 aromatic rings. The molecule has 1 aromatic carbocycles. The zero-order valence-corrected chi connectivity index (χ0v) is 11.1. The van der Waals surface area contributed by atoms with Crippen molar-refractivity contribution in [2.24, 2.45) is 5.73 Å². The van der Waals surface area contributed by atoms with Crippen LogP contribution in [-0.4, -0.2) is 18.3 Å². The molecule has 0 radical (unpaired) electrons. The van der Waals surface area contributed by atoms with E-state index in [4.69, 9.17) is 15.0 Å². The molecule has 0 bridgehead atoms. The molecule has 0 aliphatic heterocycles. The van der Waals surface area contributed by atoms with Crippen LogP contribution in [0.1, 0.15) is 12.5 Å². The van der Waals surface area contributed by atoms with Gasteiger partial charge in [0.2, 0.25) is 0 Å². The van der Waals surface area contributed by atoms with Crippen molar-refractivity contribution in [2.45, 2.75) is 13.3 Å². The van der Waals surface area contributed by atoms with Crippen molar-refractivity contribution in [1.29, 1.82) is 0 Å². The van der Waals surface area contributed by atoms with Gasteiger partial charge in [-0.05, 0) is 11.6 Å². The second-order valence-electron chi connectivity index (χ2n) is 3.65. The van der Waals surface area contributed by atoms with Gasteiger partial charge in [0.1, 0.15) is 6.61 Å². The number of hydrogen-bond acceptors (Lipinski definition) is 4. The molecule has 1 aromatic heterocycles. The fraction of sp³-hybridized carbons (Fsp3) is 0.308. The van der Waals surface area contributed by atoms with Crippen molar-refractivity contribution in [3.05, 3.63) is 35.9 Å². The van der Waals surface area contributed by atoms with Gasteiger partial charge in [0.05, 0.1) is 5.56 Å². The van der Waals surface area contributed by atoms with Crippen LogP contribution in [0.5, 0.6) is 5.88 Å². The summed E-state index contributed by atoms with van der Waals surface area (Å²) in [6.45, 7) is 2.97. The molecule has 5 heteroatoms. The predicted molar refractivity (Wildman–Crippen MR) is 73.1 cm³/mol. The lowest BCUT2D eigenvalue weighted by atomic mass is 10.1. The molecule has 98 valence electrons. The second-order valence-corrected chi connectivity index (χ2v) is 3.65. The topological polar surface area (TPSA) is 61.3 Å². The molecule has 4 nitrogen and oxygen atoms in total. The number of ether oxygens (including phenoxy) is 1. The normalized spacial score (nSPS) is 9.89. The summed E-state index contributed by atoms with van der Waals surface area (Å²) >= 11 is 0. The number of halogens is 1. The Balaban J connectivity index is 0.00000162. The molecule has 0 saturated heterocycles. The highest BCUT2D eigenvalue weighted by molar-refractivity contribution is 5.85. The number of nitrogens with two attached hydrogens (primary N) is 1. The molecule has 1 heterocycles. The predicted octanol–water partition coefficient (Wildman–Crippen LogP) is 2.66. The first-order valence-corrected chi connectivity index (χ1v) is 5.73. The number of nitrogens with zero attached hydrogens (tertiary/aromatic N) is 1. The molecular formula is C13H17ClN2O2. The van der Waals surface area contributed by atoms with E-state index in [9.17, 15) is 0 Å². The van der Waals surface area contributed by atoms with Crippen molar-refractivity contribution in [3.63, 3.8) is 0 Å². The van der Waals surface area contributed by atoms with E-state index in [-0.39, 0.29) is 12.4 Å². The van der Waals surface area contributed by atoms with Crippen LogP contribution in [0, 0.1) is 0 Å². The average molecular weight is 269 g/mol. The minimum atomic E-state index is 0. The largest absolute Gasteiger partial charge is 0.474 e. The highest BCUT2D eigenvalue weighted by atomic mass is 35.5. The van der Waals surface area contributed by atoms with Gasteiger partial charge in [-0.3, -0.25) is 0 Å². The molecule has 0 aliphatic carbocycles. The lowest BCUT2D eigenvalue weighted by Crippen LogP contribution is -2.11. The molecule has 0 spiro atoms. The fourth-order valence-electron chi connectivity index (χ4n) is 1.69. The summed E-state index contributed by atoms with van der Waals surface area (Å²) in [6, 6.07) is 9.89. The van der Waals surface area contributed by atoms with E-state index in [1.54, 1.807) is 0 Å². The summed E-state index contributed by atoms with van der Waals surface area (Å²) in [5.74, 6) is 1.33. The molecule has 0 unspecified atom stereocenters. The second kappa shape index (κ2) is 7.03. The van der Waals surface area contributed by atoms with Crippen molar-refractivity contribution in [1.82, 2.24) is 5.16 Å². The first-order chi connectivity index (χ1) is 8.36. The molecule has 2 rings (SSSR count). The highest BCUT2D eigenvalue weighted by Crippen LogP contribution is 2.30. The molecule has 0 amide bonds. The van der Waals surface area contributed by atoms with Gasteiger partial charge >= 0.3 is 0 Å². The summed E-state index contributed by atoms with van der Waals surface area (Å²) in [5.41, 5.74) is 7.41. The van der Waals surface area contributed by atoms with Crippen molar-refractivity contribution in [2.75, 3.05) is 13.2 Å². The van der Waals surface area contributed by atoms with Gasteiger partial charge in [0, 0.05) is 12.1 Å². The third kappa shape index (κ3) is 3.03. The maximum atomic E-state index is 5.45. The molecule has 18 heavy (non-hydrogen) atoms. The standard InChI is InChI=1S/C13H16N2O2.ClH/c1-2-11-12(10-6-4-3-5-7-10)17-15-13(11)16-9-8-14;/h3-7H,2,8-9,14H2,1H3;1H. The quantitative estimate of drug-likeness (QED) is 0.906. The van der Waals surface area contributed by atoms with Gasteiger partial charge in [-0.25, -0.2) is 0 Å². The van der Waals surface area contributed by atoms with Crippen LogP contribution >= 0.6 is 12.4 Å². The van der Waals surface area contributed by atoms with E-state index in [1.165, 1.54) is 0 Å². The summed E-state index contributed by atoms with van der Waals surface area (Å²) in [5, 5.41) is 3.95. The SMILES string of the molecule is CCc1c(OCCN)noc1-c1ccccc1.Cl. The van der Waals surface area contributed by atoms with Gasteiger partial charge in [-0.2, -0.15) is 0 Å². The van der Waals surface area contributed by atoms with E-state index in [0.717, 1.165) is 23.3 Å². The lowest BCUT2D eigenvalue weighted by Gasteiger charge is -2.02. The van der Waals surface area contributed by atoms with Gasteiger partial charge in [0.15, 0.2) is 5.76 Å². The molecule has 0 fully saturated rings. The van der Waals surface area contributed by atoms with Gasteiger partial charge in [-0.15, -0.1) is 12.4 Å². The Labute approximate surface area is 113 Å². The zero-order valence-electron chi connectivity index (χ0n) is 10.3. The van der Waals surface area contributed by atoms with Crippen LogP contribution in [0.4, 0.5) is 0 Å². The Morgan fingerprint density at radius 2 is 2.00 bits per heavy atom. The van der Waals surface area contributed by atoms with E-state index in [2.05, 4.69) is 5.16 Å². The van der Waals surface area contributed by atoms with Crippen molar-refractivity contribution < 1.29 is 9.26 Å². The van der Waals surface area contributed by atoms with Crippen LogP contribution in [0.2, 0.25) is 0 Å². The Kier molecular flexibility index (Phi) is 5.68. The minimum absolute atomic E-state index is 0. The first kappa shape index (κ1) is 14.5. The minimum Gasteiger partial charge on any atom is -0.474 e. The van der Waals surface area contributed by atoms with Crippen molar-refractivity contribution in [3.8, 4) is 17.2 Å². The molecular weight excluding hydrogens is 252 g/mol. The third-order valence-corrected chi connectivity index (χ3v) is 2.50. The van der Waals surface area contributed by atoms with Crippen LogP contribution in [0.25, 0.3) is 11.3 Å². The van der Waals surface area contributed by atoms with E-state index in [1.807, 2.05) is 37.3 Å². The number of aromatic nitrogens is 1. The lowest BCUT2D eigenvalue weighted by molar-refractivity contribution is 0.287. The summed E-state index contributed by atoms with van der Waals surface area (Å²) in [7, 11) is 0. The average Bonchev–Trinajstić information content (AvgIpc) is 2.80. The van der Waals surface area contributed by atoms with Gasteiger partial charge in [-0.1, -0.05) is 37.3 Å². The van der Waals surface area contributed by atoms with E-state index < -0.39 is 0 Å². The highest BCUT2D eigenvalue weighted by Gasteiger charge is 2.16. The number of rotatable bonds is 5. The summed E-state index contributed by atoms with van der Waals surface area (Å²) in [6.07, 6.45) is 0.813. The summed E-state index contributed by atoms with van der Waals surface area (Å²) < 4.78 is 10.8. The third-order valence-electron chi connectivity index (χ3n) is 2.50. The Hall–Kier alpha value is -1.52. The monoisotopic (exact) mass is 268 g/mol. The molecule has 0 atom stereocenters. The van der Waals surface area contributed by atoms with Crippen LogP contribution in [0.3, 0.4) is 0 Å². The molecule has 0 saturated carbocycles. The summed E-state index contributed by atoms with van der Waals surface area (Å²) in [4.78, 5) is 0. The Morgan fingerprint density at radius 1 is 1.28 bits per heavy atom. The van der Waals surface area contributed by atoms with Crippen molar-refractivity contribution >= 4 is 12.4 Å². The fourth-order valence-corrected chi connectivity index (χ4v) is 1.69. The number of hydrogen-bond donors (Lipinski definition) is 1. The van der Waals surface area contributed by atoms with Gasteiger partial charge in [0.25, 0.3) is 5.88 Å². The van der Waals surface area contributed by atoms with Gasteiger partial charge < -0.3 is 15.0 Å². The Bertz CT molecular complexity index is 471. The van der Waals surface area contributed by atoms with E-state index >= 15 is 0 Å².